The second kappa shape index (κ2) is 5.86. The van der Waals surface area contributed by atoms with Crippen LogP contribution in [-0.2, 0) is 6.18 Å². The van der Waals surface area contributed by atoms with E-state index in [2.05, 4.69) is 0 Å². The highest BCUT2D eigenvalue weighted by atomic mass is 19.4. The van der Waals surface area contributed by atoms with E-state index >= 15 is 0 Å². The third-order valence-electron chi connectivity index (χ3n) is 2.08. The van der Waals surface area contributed by atoms with Crippen LogP contribution in [0.15, 0.2) is 24.3 Å². The summed E-state index contributed by atoms with van der Waals surface area (Å²) in [4.78, 5) is 0. The van der Waals surface area contributed by atoms with E-state index in [0.29, 0.717) is 5.56 Å². The standard InChI is InChI=1S/C10H12F3NO.CH4/c11-10(12,13)8-3-1-2-7(6-8)9(14)4-5-15;/h1-3,6,9,15H,4-5,14H2;1H4. The molecule has 0 saturated heterocycles. The van der Waals surface area contributed by atoms with Crippen molar-refractivity contribution in [2.75, 3.05) is 6.61 Å². The van der Waals surface area contributed by atoms with Crippen molar-refractivity contribution < 1.29 is 18.3 Å². The van der Waals surface area contributed by atoms with E-state index in [9.17, 15) is 13.2 Å². The third kappa shape index (κ3) is 3.83. The molecule has 0 radical (unpaired) electrons. The van der Waals surface area contributed by atoms with Gasteiger partial charge in [0.1, 0.15) is 0 Å². The van der Waals surface area contributed by atoms with Crippen LogP contribution in [0.25, 0.3) is 0 Å². The molecule has 1 aromatic rings. The highest BCUT2D eigenvalue weighted by molar-refractivity contribution is 5.27. The number of aliphatic hydroxyl groups excluding tert-OH is 1. The van der Waals surface area contributed by atoms with Crippen LogP contribution in [0.1, 0.15) is 31.0 Å². The molecule has 0 spiro atoms. The first kappa shape index (κ1) is 14.9. The van der Waals surface area contributed by atoms with E-state index in [-0.39, 0.29) is 20.5 Å². The van der Waals surface area contributed by atoms with Gasteiger partial charge in [-0.3, -0.25) is 0 Å². The molecule has 0 aromatic heterocycles. The normalized spacial score (nSPS) is 13.1. The summed E-state index contributed by atoms with van der Waals surface area (Å²) >= 11 is 0. The van der Waals surface area contributed by atoms with Crippen molar-refractivity contribution in [2.45, 2.75) is 26.1 Å². The van der Waals surface area contributed by atoms with Crippen LogP contribution in [0.5, 0.6) is 0 Å². The maximum atomic E-state index is 12.3. The van der Waals surface area contributed by atoms with Crippen molar-refractivity contribution in [3.8, 4) is 0 Å². The number of hydrogen-bond donors (Lipinski definition) is 2. The zero-order valence-electron chi connectivity index (χ0n) is 7.96. The van der Waals surface area contributed by atoms with Gasteiger partial charge in [-0.2, -0.15) is 13.2 Å². The summed E-state index contributed by atoms with van der Waals surface area (Å²) < 4.78 is 37.0. The molecule has 5 heteroatoms. The Morgan fingerprint density at radius 2 is 1.94 bits per heavy atom. The molecule has 0 amide bonds. The monoisotopic (exact) mass is 235 g/mol. The molecule has 0 heterocycles. The molecular weight excluding hydrogens is 219 g/mol. The molecular formula is C11H16F3NO. The van der Waals surface area contributed by atoms with Gasteiger partial charge in [0.15, 0.2) is 0 Å². The molecule has 0 saturated carbocycles. The smallest absolute Gasteiger partial charge is 0.396 e. The summed E-state index contributed by atoms with van der Waals surface area (Å²) in [5, 5.41) is 8.62. The molecule has 1 unspecified atom stereocenters. The van der Waals surface area contributed by atoms with E-state index < -0.39 is 17.8 Å². The molecule has 3 N–H and O–H groups in total. The minimum Gasteiger partial charge on any atom is -0.396 e. The molecule has 0 fully saturated rings. The summed E-state index contributed by atoms with van der Waals surface area (Å²) in [5.41, 5.74) is 5.26. The highest BCUT2D eigenvalue weighted by Gasteiger charge is 2.30. The Morgan fingerprint density at radius 1 is 1.31 bits per heavy atom. The molecule has 92 valence electrons. The van der Waals surface area contributed by atoms with Crippen LogP contribution in [0.2, 0.25) is 0 Å². The summed E-state index contributed by atoms with van der Waals surface area (Å²) in [5.74, 6) is 0. The van der Waals surface area contributed by atoms with Crippen LogP contribution < -0.4 is 5.73 Å². The molecule has 1 atom stereocenters. The first-order chi connectivity index (χ1) is 6.95. The van der Waals surface area contributed by atoms with Crippen LogP contribution in [-0.4, -0.2) is 11.7 Å². The lowest BCUT2D eigenvalue weighted by Crippen LogP contribution is -2.13. The number of nitrogens with two attached hydrogens (primary N) is 1. The fourth-order valence-corrected chi connectivity index (χ4v) is 1.25. The van der Waals surface area contributed by atoms with E-state index in [4.69, 9.17) is 10.8 Å². The number of hydrogen-bond acceptors (Lipinski definition) is 2. The summed E-state index contributed by atoms with van der Waals surface area (Å²) in [6.07, 6.45) is -4.10. The molecule has 16 heavy (non-hydrogen) atoms. The SMILES string of the molecule is C.NC(CCO)c1cccc(C(F)(F)F)c1. The molecule has 2 nitrogen and oxygen atoms in total. The Morgan fingerprint density at radius 3 is 2.44 bits per heavy atom. The van der Waals surface area contributed by atoms with Crippen molar-refractivity contribution in [3.05, 3.63) is 35.4 Å². The Hall–Kier alpha value is -1.07. The number of benzene rings is 1. The van der Waals surface area contributed by atoms with Gasteiger partial charge in [-0.1, -0.05) is 19.6 Å². The fourth-order valence-electron chi connectivity index (χ4n) is 1.25. The maximum Gasteiger partial charge on any atom is 0.416 e. The van der Waals surface area contributed by atoms with E-state index in [1.165, 1.54) is 12.1 Å². The Balaban J connectivity index is 0.00000225. The highest BCUT2D eigenvalue weighted by Crippen LogP contribution is 2.30. The summed E-state index contributed by atoms with van der Waals surface area (Å²) in [6, 6.07) is 4.29. The zero-order chi connectivity index (χ0) is 11.5. The summed E-state index contributed by atoms with van der Waals surface area (Å²) in [6.45, 7) is -0.141. The average Bonchev–Trinajstić information content (AvgIpc) is 2.17. The van der Waals surface area contributed by atoms with E-state index in [1.54, 1.807) is 0 Å². The predicted octanol–water partition coefficient (Wildman–Crippen LogP) is 2.72. The molecule has 0 aliphatic heterocycles. The van der Waals surface area contributed by atoms with Crippen molar-refractivity contribution in [3.63, 3.8) is 0 Å². The van der Waals surface area contributed by atoms with Gasteiger partial charge in [-0.05, 0) is 24.1 Å². The Bertz CT molecular complexity index is 325. The molecule has 1 rings (SSSR count). The lowest BCUT2D eigenvalue weighted by Gasteiger charge is -2.13. The van der Waals surface area contributed by atoms with Gasteiger partial charge in [-0.15, -0.1) is 0 Å². The quantitative estimate of drug-likeness (QED) is 0.846. The lowest BCUT2D eigenvalue weighted by atomic mass is 10.0. The van der Waals surface area contributed by atoms with Gasteiger partial charge in [0.2, 0.25) is 0 Å². The Kier molecular flexibility index (Phi) is 5.47. The van der Waals surface area contributed by atoms with Crippen LogP contribution in [0, 0.1) is 0 Å². The second-order valence-corrected chi connectivity index (χ2v) is 3.24. The van der Waals surface area contributed by atoms with Crippen molar-refractivity contribution in [2.24, 2.45) is 5.73 Å². The molecule has 0 bridgehead atoms. The maximum absolute atomic E-state index is 12.3. The number of rotatable bonds is 3. The summed E-state index contributed by atoms with van der Waals surface area (Å²) in [7, 11) is 0. The third-order valence-corrected chi connectivity index (χ3v) is 2.08. The minimum absolute atomic E-state index is 0. The second-order valence-electron chi connectivity index (χ2n) is 3.24. The number of halogens is 3. The fraction of sp³-hybridized carbons (Fsp3) is 0.455. The first-order valence-corrected chi connectivity index (χ1v) is 4.48. The topological polar surface area (TPSA) is 46.2 Å². The van der Waals surface area contributed by atoms with Crippen LogP contribution >= 0.6 is 0 Å². The number of alkyl halides is 3. The van der Waals surface area contributed by atoms with E-state index in [1.807, 2.05) is 0 Å². The van der Waals surface area contributed by atoms with E-state index in [0.717, 1.165) is 12.1 Å². The van der Waals surface area contributed by atoms with Gasteiger partial charge in [0.25, 0.3) is 0 Å². The van der Waals surface area contributed by atoms with Crippen LogP contribution in [0.4, 0.5) is 13.2 Å². The average molecular weight is 235 g/mol. The van der Waals surface area contributed by atoms with Crippen LogP contribution in [0.3, 0.4) is 0 Å². The lowest BCUT2D eigenvalue weighted by molar-refractivity contribution is -0.137. The van der Waals surface area contributed by atoms with Gasteiger partial charge in [0, 0.05) is 12.6 Å². The molecule has 0 aliphatic rings. The van der Waals surface area contributed by atoms with Crippen molar-refractivity contribution in [1.82, 2.24) is 0 Å². The van der Waals surface area contributed by atoms with Gasteiger partial charge < -0.3 is 10.8 Å². The van der Waals surface area contributed by atoms with Crippen molar-refractivity contribution in [1.29, 1.82) is 0 Å². The first-order valence-electron chi connectivity index (χ1n) is 4.48. The number of aliphatic hydroxyl groups is 1. The largest absolute Gasteiger partial charge is 0.416 e. The van der Waals surface area contributed by atoms with Gasteiger partial charge in [0.05, 0.1) is 5.56 Å². The minimum atomic E-state index is -4.35. The van der Waals surface area contributed by atoms with Crippen molar-refractivity contribution >= 4 is 0 Å². The molecule has 1 aromatic carbocycles. The predicted molar refractivity (Wildman–Crippen MR) is 56.8 cm³/mol. The Labute approximate surface area is 92.9 Å². The molecule has 0 aliphatic carbocycles. The van der Waals surface area contributed by atoms with Gasteiger partial charge in [-0.25, -0.2) is 0 Å². The zero-order valence-corrected chi connectivity index (χ0v) is 7.96. The van der Waals surface area contributed by atoms with Gasteiger partial charge >= 0.3 is 6.18 Å².